The van der Waals surface area contributed by atoms with Crippen LogP contribution in [0.3, 0.4) is 0 Å². The second kappa shape index (κ2) is 7.59. The molecule has 2 rings (SSSR count). The molecule has 0 unspecified atom stereocenters. The second-order valence-corrected chi connectivity index (χ2v) is 5.31. The highest BCUT2D eigenvalue weighted by Crippen LogP contribution is 2.13. The zero-order valence-corrected chi connectivity index (χ0v) is 13.0. The normalized spacial score (nSPS) is 10.7. The van der Waals surface area contributed by atoms with E-state index >= 15 is 0 Å². The lowest BCUT2D eigenvalue weighted by Crippen LogP contribution is -2.22. The van der Waals surface area contributed by atoms with Crippen LogP contribution in [-0.4, -0.2) is 49.1 Å². The monoisotopic (exact) mass is 285 g/mol. The first-order valence-electron chi connectivity index (χ1n) is 7.12. The minimum atomic E-state index is 0.675. The molecule has 21 heavy (non-hydrogen) atoms. The van der Waals surface area contributed by atoms with Crippen molar-refractivity contribution in [2.75, 3.05) is 44.4 Å². The Morgan fingerprint density at radius 1 is 1.05 bits per heavy atom. The number of hydrogen-bond donors (Lipinski definition) is 1. The lowest BCUT2D eigenvalue weighted by molar-refractivity contribution is 0.425. The van der Waals surface area contributed by atoms with E-state index in [1.165, 1.54) is 5.56 Å². The van der Waals surface area contributed by atoms with Crippen molar-refractivity contribution in [2.45, 2.75) is 6.54 Å². The highest BCUT2D eigenvalue weighted by molar-refractivity contribution is 5.42. The molecule has 0 spiro atoms. The Labute approximate surface area is 126 Å². The van der Waals surface area contributed by atoms with Crippen LogP contribution in [0.1, 0.15) is 5.56 Å². The lowest BCUT2D eigenvalue weighted by Gasteiger charge is -2.19. The molecule has 0 fully saturated rings. The van der Waals surface area contributed by atoms with Gasteiger partial charge < -0.3 is 15.1 Å². The van der Waals surface area contributed by atoms with Gasteiger partial charge in [0.2, 0.25) is 5.95 Å². The summed E-state index contributed by atoms with van der Waals surface area (Å²) >= 11 is 0. The zero-order valence-electron chi connectivity index (χ0n) is 13.0. The van der Waals surface area contributed by atoms with E-state index in [0.717, 1.165) is 25.5 Å². The van der Waals surface area contributed by atoms with Crippen molar-refractivity contribution in [1.29, 1.82) is 0 Å². The predicted molar refractivity (Wildman–Crippen MR) is 87.6 cm³/mol. The topological polar surface area (TPSA) is 44.3 Å². The maximum atomic E-state index is 4.55. The van der Waals surface area contributed by atoms with Gasteiger partial charge in [-0.3, -0.25) is 0 Å². The molecule has 2 aromatic rings. The van der Waals surface area contributed by atoms with Crippen LogP contribution in [-0.2, 0) is 6.54 Å². The quantitative estimate of drug-likeness (QED) is 0.844. The average molecular weight is 285 g/mol. The maximum Gasteiger partial charge on any atom is 0.224 e. The van der Waals surface area contributed by atoms with Crippen molar-refractivity contribution >= 4 is 11.8 Å². The van der Waals surface area contributed by atoms with Gasteiger partial charge in [-0.25, -0.2) is 4.98 Å². The van der Waals surface area contributed by atoms with Gasteiger partial charge in [0.05, 0.1) is 0 Å². The van der Waals surface area contributed by atoms with E-state index < -0.39 is 0 Å². The van der Waals surface area contributed by atoms with Gasteiger partial charge in [-0.2, -0.15) is 4.98 Å². The first kappa shape index (κ1) is 15.3. The summed E-state index contributed by atoms with van der Waals surface area (Å²) in [5, 5.41) is 3.24. The van der Waals surface area contributed by atoms with Crippen LogP contribution in [0.15, 0.2) is 42.6 Å². The molecule has 1 heterocycles. The Morgan fingerprint density at radius 3 is 2.52 bits per heavy atom. The molecule has 0 saturated carbocycles. The van der Waals surface area contributed by atoms with Crippen molar-refractivity contribution in [2.24, 2.45) is 0 Å². The fourth-order valence-electron chi connectivity index (χ4n) is 1.98. The third-order valence-corrected chi connectivity index (χ3v) is 3.14. The van der Waals surface area contributed by atoms with Gasteiger partial charge >= 0.3 is 0 Å². The average Bonchev–Trinajstić information content (AvgIpc) is 2.48. The number of hydrogen-bond acceptors (Lipinski definition) is 5. The number of benzene rings is 1. The van der Waals surface area contributed by atoms with E-state index in [9.17, 15) is 0 Å². The van der Waals surface area contributed by atoms with Gasteiger partial charge in [-0.1, -0.05) is 30.3 Å². The Bertz CT molecular complexity index is 541. The number of aromatic nitrogens is 2. The van der Waals surface area contributed by atoms with Crippen molar-refractivity contribution in [3.63, 3.8) is 0 Å². The van der Waals surface area contributed by atoms with Crippen LogP contribution in [0.2, 0.25) is 0 Å². The van der Waals surface area contributed by atoms with E-state index in [1.54, 1.807) is 6.20 Å². The molecule has 1 N–H and O–H groups in total. The first-order valence-corrected chi connectivity index (χ1v) is 7.12. The summed E-state index contributed by atoms with van der Waals surface area (Å²) in [4.78, 5) is 13.1. The molecule has 0 aliphatic carbocycles. The van der Waals surface area contributed by atoms with E-state index in [4.69, 9.17) is 0 Å². The summed E-state index contributed by atoms with van der Waals surface area (Å²) in [5.41, 5.74) is 1.26. The standard InChI is InChI=1S/C16H23N5/c1-20(2)12-11-18-16-17-10-9-15(19-16)21(3)13-14-7-5-4-6-8-14/h4-10H,11-13H2,1-3H3,(H,17,18,19). The highest BCUT2D eigenvalue weighted by Gasteiger charge is 2.05. The van der Waals surface area contributed by atoms with E-state index in [0.29, 0.717) is 5.95 Å². The van der Waals surface area contributed by atoms with Gasteiger partial charge in [0.25, 0.3) is 0 Å². The molecule has 112 valence electrons. The number of anilines is 2. The van der Waals surface area contributed by atoms with Gasteiger partial charge in [-0.15, -0.1) is 0 Å². The summed E-state index contributed by atoms with van der Waals surface area (Å²) < 4.78 is 0. The van der Waals surface area contributed by atoms with Crippen LogP contribution < -0.4 is 10.2 Å². The molecule has 0 saturated heterocycles. The molecule has 5 nitrogen and oxygen atoms in total. The van der Waals surface area contributed by atoms with Crippen LogP contribution in [0, 0.1) is 0 Å². The third kappa shape index (κ3) is 5.04. The van der Waals surface area contributed by atoms with Crippen molar-refractivity contribution < 1.29 is 0 Å². The van der Waals surface area contributed by atoms with Gasteiger partial charge in [-0.05, 0) is 25.7 Å². The summed E-state index contributed by atoms with van der Waals surface area (Å²) in [6, 6.07) is 12.3. The number of likely N-dealkylation sites (N-methyl/N-ethyl adjacent to an activating group) is 1. The van der Waals surface area contributed by atoms with Crippen molar-refractivity contribution in [3.05, 3.63) is 48.2 Å². The Balaban J connectivity index is 1.96. The lowest BCUT2D eigenvalue weighted by atomic mass is 10.2. The summed E-state index contributed by atoms with van der Waals surface area (Å²) in [7, 11) is 6.14. The van der Waals surface area contributed by atoms with E-state index in [1.807, 2.05) is 33.3 Å². The Kier molecular flexibility index (Phi) is 5.51. The van der Waals surface area contributed by atoms with Gasteiger partial charge in [0, 0.05) is 32.9 Å². The smallest absolute Gasteiger partial charge is 0.224 e. The second-order valence-electron chi connectivity index (χ2n) is 5.31. The van der Waals surface area contributed by atoms with E-state index in [2.05, 4.69) is 49.4 Å². The third-order valence-electron chi connectivity index (χ3n) is 3.14. The van der Waals surface area contributed by atoms with Gasteiger partial charge in [0.15, 0.2) is 0 Å². The predicted octanol–water partition coefficient (Wildman–Crippen LogP) is 2.09. The molecule has 0 radical (unpaired) electrons. The molecule has 0 aliphatic heterocycles. The molecule has 5 heteroatoms. The summed E-state index contributed by atoms with van der Waals surface area (Å²) in [6.07, 6.45) is 1.79. The summed E-state index contributed by atoms with van der Waals surface area (Å²) in [5.74, 6) is 1.59. The number of nitrogens with one attached hydrogen (secondary N) is 1. The SMILES string of the molecule is CN(C)CCNc1nccc(N(C)Cc2ccccc2)n1. The summed E-state index contributed by atoms with van der Waals surface area (Å²) in [6.45, 7) is 2.61. The molecule has 0 amide bonds. The molecule has 0 atom stereocenters. The van der Waals surface area contributed by atoms with Crippen molar-refractivity contribution in [3.8, 4) is 0 Å². The minimum absolute atomic E-state index is 0.675. The van der Waals surface area contributed by atoms with E-state index in [-0.39, 0.29) is 0 Å². The molecule has 1 aromatic carbocycles. The van der Waals surface area contributed by atoms with Crippen LogP contribution in [0.4, 0.5) is 11.8 Å². The molecule has 0 bridgehead atoms. The Hall–Kier alpha value is -2.14. The fraction of sp³-hybridized carbons (Fsp3) is 0.375. The fourth-order valence-corrected chi connectivity index (χ4v) is 1.98. The zero-order chi connectivity index (χ0) is 15.1. The number of rotatable bonds is 7. The molecule has 1 aromatic heterocycles. The first-order chi connectivity index (χ1) is 10.1. The molecule has 0 aliphatic rings. The highest BCUT2D eigenvalue weighted by atomic mass is 15.2. The molecular formula is C16H23N5. The Morgan fingerprint density at radius 2 is 1.81 bits per heavy atom. The van der Waals surface area contributed by atoms with Gasteiger partial charge in [0.1, 0.15) is 5.82 Å². The van der Waals surface area contributed by atoms with Crippen LogP contribution in [0.5, 0.6) is 0 Å². The molecular weight excluding hydrogens is 262 g/mol. The largest absolute Gasteiger partial charge is 0.355 e. The van der Waals surface area contributed by atoms with Crippen molar-refractivity contribution in [1.82, 2.24) is 14.9 Å². The van der Waals surface area contributed by atoms with Crippen LogP contribution >= 0.6 is 0 Å². The van der Waals surface area contributed by atoms with Crippen LogP contribution in [0.25, 0.3) is 0 Å². The minimum Gasteiger partial charge on any atom is -0.355 e. The number of nitrogens with zero attached hydrogens (tertiary/aromatic N) is 4. The maximum absolute atomic E-state index is 4.55.